The topological polar surface area (TPSA) is 34.9 Å². The van der Waals surface area contributed by atoms with Crippen molar-refractivity contribution in [1.29, 1.82) is 0 Å². The molecule has 4 heteroatoms. The van der Waals surface area contributed by atoms with Crippen molar-refractivity contribution in [3.05, 3.63) is 51.8 Å². The summed E-state index contributed by atoms with van der Waals surface area (Å²) in [6.45, 7) is 1.92. The molecule has 3 nitrogen and oxygen atoms in total. The van der Waals surface area contributed by atoms with E-state index in [-0.39, 0.29) is 5.78 Å². The molecule has 2 rings (SSSR count). The number of aromatic nitrogens is 2. The van der Waals surface area contributed by atoms with E-state index in [0.717, 1.165) is 10.0 Å². The fraction of sp³-hybridized carbons (Fsp3) is 0.167. The first-order valence-electron chi connectivity index (χ1n) is 4.88. The number of hydrogen-bond acceptors (Lipinski definition) is 2. The van der Waals surface area contributed by atoms with Gasteiger partial charge in [-0.2, -0.15) is 5.10 Å². The Balaban J connectivity index is 2.41. The lowest BCUT2D eigenvalue weighted by atomic mass is 10.0. The van der Waals surface area contributed by atoms with E-state index in [1.165, 1.54) is 0 Å². The van der Waals surface area contributed by atoms with E-state index in [2.05, 4.69) is 21.0 Å². The molecule has 82 valence electrons. The van der Waals surface area contributed by atoms with Crippen LogP contribution in [0.2, 0.25) is 0 Å². The molecular formula is C12H11BrN2O. The molecule has 0 saturated heterocycles. The molecule has 1 heterocycles. The second kappa shape index (κ2) is 4.22. The van der Waals surface area contributed by atoms with Gasteiger partial charge in [0.2, 0.25) is 5.78 Å². The monoisotopic (exact) mass is 278 g/mol. The van der Waals surface area contributed by atoms with Crippen LogP contribution in [0.5, 0.6) is 0 Å². The maximum absolute atomic E-state index is 12.1. The Morgan fingerprint density at radius 1 is 1.38 bits per heavy atom. The smallest absolute Gasteiger partial charge is 0.213 e. The number of hydrogen-bond donors (Lipinski definition) is 0. The average Bonchev–Trinajstić information content (AvgIpc) is 2.64. The van der Waals surface area contributed by atoms with E-state index < -0.39 is 0 Å². The van der Waals surface area contributed by atoms with Gasteiger partial charge in [-0.05, 0) is 36.8 Å². The Bertz CT molecular complexity index is 546. The fourth-order valence-corrected chi connectivity index (χ4v) is 2.03. The van der Waals surface area contributed by atoms with E-state index in [0.29, 0.717) is 11.3 Å². The first kappa shape index (κ1) is 11.1. The van der Waals surface area contributed by atoms with Crippen LogP contribution in [-0.2, 0) is 7.05 Å². The van der Waals surface area contributed by atoms with Gasteiger partial charge in [0.05, 0.1) is 0 Å². The molecule has 0 bridgehead atoms. The highest BCUT2D eigenvalue weighted by molar-refractivity contribution is 9.10. The zero-order valence-corrected chi connectivity index (χ0v) is 10.7. The van der Waals surface area contributed by atoms with Crippen molar-refractivity contribution < 1.29 is 4.79 Å². The predicted octanol–water partition coefficient (Wildman–Crippen LogP) is 2.72. The molecule has 1 aromatic carbocycles. The summed E-state index contributed by atoms with van der Waals surface area (Å²) in [6.07, 6.45) is 1.77. The number of carbonyl (C=O) groups is 1. The minimum absolute atomic E-state index is 0.0365. The lowest BCUT2D eigenvalue weighted by molar-refractivity contribution is 0.103. The van der Waals surface area contributed by atoms with Crippen molar-refractivity contribution in [1.82, 2.24) is 9.78 Å². The van der Waals surface area contributed by atoms with Crippen LogP contribution >= 0.6 is 15.9 Å². The summed E-state index contributed by atoms with van der Waals surface area (Å²) in [6, 6.07) is 7.33. The minimum Gasteiger partial charge on any atom is -0.287 e. The first-order chi connectivity index (χ1) is 7.58. The Labute approximate surface area is 102 Å². The molecule has 0 radical (unpaired) electrons. The Morgan fingerprint density at radius 2 is 2.12 bits per heavy atom. The largest absolute Gasteiger partial charge is 0.287 e. The maximum Gasteiger partial charge on any atom is 0.213 e. The van der Waals surface area contributed by atoms with Gasteiger partial charge in [0.15, 0.2) is 0 Å². The maximum atomic E-state index is 12.1. The van der Waals surface area contributed by atoms with E-state index in [9.17, 15) is 4.79 Å². The van der Waals surface area contributed by atoms with Crippen LogP contribution in [0.3, 0.4) is 0 Å². The summed E-state index contributed by atoms with van der Waals surface area (Å²) in [7, 11) is 1.80. The zero-order valence-electron chi connectivity index (χ0n) is 9.07. The third kappa shape index (κ3) is 2.07. The molecule has 0 atom stereocenters. The molecule has 0 aliphatic carbocycles. The average molecular weight is 279 g/mol. The van der Waals surface area contributed by atoms with Gasteiger partial charge in [-0.15, -0.1) is 0 Å². The third-order valence-electron chi connectivity index (χ3n) is 2.38. The van der Waals surface area contributed by atoms with Crippen LogP contribution in [0.15, 0.2) is 34.9 Å². The standard InChI is InChI=1S/C12H11BrN2O/c1-8-7-9(13)3-4-10(8)12(16)11-5-6-15(2)14-11/h3-7H,1-2H3. The van der Waals surface area contributed by atoms with Crippen LogP contribution in [0.25, 0.3) is 0 Å². The second-order valence-electron chi connectivity index (χ2n) is 3.66. The fourth-order valence-electron chi connectivity index (χ4n) is 1.56. The molecule has 0 aliphatic heterocycles. The number of rotatable bonds is 2. The molecule has 0 saturated carbocycles. The zero-order chi connectivity index (χ0) is 11.7. The number of nitrogens with zero attached hydrogens (tertiary/aromatic N) is 2. The van der Waals surface area contributed by atoms with Gasteiger partial charge in [0.25, 0.3) is 0 Å². The van der Waals surface area contributed by atoms with Crippen LogP contribution in [0, 0.1) is 6.92 Å². The molecule has 16 heavy (non-hydrogen) atoms. The van der Waals surface area contributed by atoms with Crippen LogP contribution in [0.1, 0.15) is 21.6 Å². The van der Waals surface area contributed by atoms with E-state index in [1.807, 2.05) is 25.1 Å². The van der Waals surface area contributed by atoms with Crippen molar-refractivity contribution in [2.75, 3.05) is 0 Å². The molecule has 2 aromatic rings. The Kier molecular flexibility index (Phi) is 2.92. The van der Waals surface area contributed by atoms with Gasteiger partial charge in [0.1, 0.15) is 5.69 Å². The normalized spacial score (nSPS) is 10.4. The summed E-state index contributed by atoms with van der Waals surface area (Å²) >= 11 is 3.37. The van der Waals surface area contributed by atoms with Crippen LogP contribution in [-0.4, -0.2) is 15.6 Å². The third-order valence-corrected chi connectivity index (χ3v) is 2.87. The summed E-state index contributed by atoms with van der Waals surface area (Å²) in [5.74, 6) is -0.0365. The summed E-state index contributed by atoms with van der Waals surface area (Å²) in [4.78, 5) is 12.1. The van der Waals surface area contributed by atoms with Crippen molar-refractivity contribution in [3.8, 4) is 0 Å². The van der Waals surface area contributed by atoms with Crippen molar-refractivity contribution in [2.45, 2.75) is 6.92 Å². The summed E-state index contributed by atoms with van der Waals surface area (Å²) in [5, 5.41) is 4.11. The lowest BCUT2D eigenvalue weighted by Gasteiger charge is -2.03. The highest BCUT2D eigenvalue weighted by Crippen LogP contribution is 2.18. The van der Waals surface area contributed by atoms with Crippen LogP contribution in [0.4, 0.5) is 0 Å². The molecule has 0 fully saturated rings. The van der Waals surface area contributed by atoms with E-state index >= 15 is 0 Å². The van der Waals surface area contributed by atoms with Crippen LogP contribution < -0.4 is 0 Å². The second-order valence-corrected chi connectivity index (χ2v) is 4.58. The molecular weight excluding hydrogens is 268 g/mol. The number of benzene rings is 1. The van der Waals surface area contributed by atoms with Crippen molar-refractivity contribution >= 4 is 21.7 Å². The van der Waals surface area contributed by atoms with Gasteiger partial charge < -0.3 is 0 Å². The highest BCUT2D eigenvalue weighted by atomic mass is 79.9. The molecule has 0 amide bonds. The summed E-state index contributed by atoms with van der Waals surface area (Å²) < 4.78 is 2.60. The first-order valence-corrected chi connectivity index (χ1v) is 5.68. The Morgan fingerprint density at radius 3 is 2.69 bits per heavy atom. The number of carbonyl (C=O) groups excluding carboxylic acids is 1. The van der Waals surface area contributed by atoms with Gasteiger partial charge in [-0.3, -0.25) is 9.48 Å². The van der Waals surface area contributed by atoms with Gasteiger partial charge in [0, 0.05) is 23.3 Å². The number of aryl methyl sites for hydroxylation is 2. The van der Waals surface area contributed by atoms with Crippen molar-refractivity contribution in [3.63, 3.8) is 0 Å². The number of ketones is 1. The minimum atomic E-state index is -0.0365. The van der Waals surface area contributed by atoms with Crippen molar-refractivity contribution in [2.24, 2.45) is 7.05 Å². The molecule has 0 unspecified atom stereocenters. The van der Waals surface area contributed by atoms with E-state index in [1.54, 1.807) is 24.0 Å². The number of halogens is 1. The quantitative estimate of drug-likeness (QED) is 0.792. The Hall–Kier alpha value is -1.42. The van der Waals surface area contributed by atoms with Gasteiger partial charge >= 0.3 is 0 Å². The van der Waals surface area contributed by atoms with Gasteiger partial charge in [-0.1, -0.05) is 15.9 Å². The molecule has 0 N–H and O–H groups in total. The van der Waals surface area contributed by atoms with E-state index in [4.69, 9.17) is 0 Å². The predicted molar refractivity (Wildman–Crippen MR) is 65.5 cm³/mol. The molecule has 0 spiro atoms. The lowest BCUT2D eigenvalue weighted by Crippen LogP contribution is -2.05. The summed E-state index contributed by atoms with van der Waals surface area (Å²) in [5.41, 5.74) is 2.12. The van der Waals surface area contributed by atoms with Gasteiger partial charge in [-0.25, -0.2) is 0 Å². The SMILES string of the molecule is Cc1cc(Br)ccc1C(=O)c1ccn(C)n1. The molecule has 0 aliphatic rings. The molecule has 1 aromatic heterocycles. The highest BCUT2D eigenvalue weighted by Gasteiger charge is 2.13.